The zero-order valence-corrected chi connectivity index (χ0v) is 14.1. The summed E-state index contributed by atoms with van der Waals surface area (Å²) in [6.45, 7) is 1.68. The number of nitrogens with zero attached hydrogens (tertiary/aromatic N) is 1. The third-order valence-corrected chi connectivity index (χ3v) is 4.32. The highest BCUT2D eigenvalue weighted by molar-refractivity contribution is 6.32. The molecule has 0 N–H and O–H groups in total. The topological polar surface area (TPSA) is 55.8 Å². The Bertz CT molecular complexity index is 541. The first-order valence-corrected chi connectivity index (χ1v) is 8.22. The van der Waals surface area contributed by atoms with Crippen LogP contribution in [-0.2, 0) is 14.3 Å². The van der Waals surface area contributed by atoms with E-state index in [-0.39, 0.29) is 17.8 Å². The average Bonchev–Trinajstić information content (AvgIpc) is 2.59. The molecule has 0 atom stereocenters. The van der Waals surface area contributed by atoms with Crippen LogP contribution in [0.1, 0.15) is 25.7 Å². The quantitative estimate of drug-likeness (QED) is 0.590. The predicted molar refractivity (Wildman–Crippen MR) is 87.5 cm³/mol. The van der Waals surface area contributed by atoms with Gasteiger partial charge in [0.15, 0.2) is 0 Å². The number of piperidine rings is 1. The zero-order valence-electron chi connectivity index (χ0n) is 13.3. The molecule has 1 amide bonds. The third-order valence-electron chi connectivity index (χ3n) is 4.01. The molecular weight excluding hydrogens is 318 g/mol. The third kappa shape index (κ3) is 5.13. The van der Waals surface area contributed by atoms with Gasteiger partial charge < -0.3 is 14.4 Å². The van der Waals surface area contributed by atoms with Crippen LogP contribution in [0.15, 0.2) is 24.3 Å². The summed E-state index contributed by atoms with van der Waals surface area (Å²) in [6.07, 6.45) is 2.43. The molecule has 5 nitrogen and oxygen atoms in total. The summed E-state index contributed by atoms with van der Waals surface area (Å²) < 4.78 is 10.3. The highest BCUT2D eigenvalue weighted by Crippen LogP contribution is 2.23. The lowest BCUT2D eigenvalue weighted by Gasteiger charge is -2.30. The van der Waals surface area contributed by atoms with Crippen LogP contribution in [0.2, 0.25) is 5.02 Å². The molecule has 0 bridgehead atoms. The summed E-state index contributed by atoms with van der Waals surface area (Å²) in [5.41, 5.74) is 0. The molecule has 1 saturated heterocycles. The molecule has 1 heterocycles. The zero-order chi connectivity index (χ0) is 16.7. The van der Waals surface area contributed by atoms with Gasteiger partial charge in [-0.05, 0) is 31.4 Å². The van der Waals surface area contributed by atoms with E-state index in [1.165, 1.54) is 7.11 Å². The fourth-order valence-electron chi connectivity index (χ4n) is 2.66. The molecule has 0 unspecified atom stereocenters. The fourth-order valence-corrected chi connectivity index (χ4v) is 2.85. The number of hydrogen-bond acceptors (Lipinski definition) is 4. The number of carbonyl (C=O) groups is 2. The molecule has 0 aromatic heterocycles. The lowest BCUT2D eigenvalue weighted by Crippen LogP contribution is -2.40. The van der Waals surface area contributed by atoms with E-state index in [0.717, 1.165) is 0 Å². The maximum atomic E-state index is 12.2. The average molecular weight is 340 g/mol. The summed E-state index contributed by atoms with van der Waals surface area (Å²) >= 11 is 6.00. The first kappa shape index (κ1) is 17.6. The van der Waals surface area contributed by atoms with Crippen molar-refractivity contribution in [3.63, 3.8) is 0 Å². The molecular formula is C17H22ClNO4. The number of amides is 1. The van der Waals surface area contributed by atoms with Crippen molar-refractivity contribution in [1.29, 1.82) is 0 Å². The lowest BCUT2D eigenvalue weighted by atomic mass is 9.97. The predicted octanol–water partition coefficient (Wildman–Crippen LogP) is 2.91. The van der Waals surface area contributed by atoms with Crippen molar-refractivity contribution in [2.75, 3.05) is 26.8 Å². The van der Waals surface area contributed by atoms with Gasteiger partial charge in [-0.25, -0.2) is 0 Å². The van der Waals surface area contributed by atoms with E-state index in [2.05, 4.69) is 0 Å². The van der Waals surface area contributed by atoms with Gasteiger partial charge in [0.2, 0.25) is 5.91 Å². The Morgan fingerprint density at radius 2 is 1.96 bits per heavy atom. The molecule has 1 fully saturated rings. The van der Waals surface area contributed by atoms with Crippen LogP contribution in [0.25, 0.3) is 0 Å². The van der Waals surface area contributed by atoms with E-state index in [1.807, 2.05) is 23.1 Å². The maximum absolute atomic E-state index is 12.2. The SMILES string of the molecule is COC(=O)C1CCN(C(=O)CCCOc2ccccc2Cl)CC1. The minimum absolute atomic E-state index is 0.0763. The van der Waals surface area contributed by atoms with Crippen LogP contribution in [0.3, 0.4) is 0 Å². The Morgan fingerprint density at radius 1 is 1.26 bits per heavy atom. The molecule has 1 aliphatic heterocycles. The number of esters is 1. The first-order chi connectivity index (χ1) is 11.1. The molecule has 0 spiro atoms. The van der Waals surface area contributed by atoms with Gasteiger partial charge in [-0.2, -0.15) is 0 Å². The van der Waals surface area contributed by atoms with E-state index in [4.69, 9.17) is 21.1 Å². The van der Waals surface area contributed by atoms with Crippen molar-refractivity contribution in [3.05, 3.63) is 29.3 Å². The summed E-state index contributed by atoms with van der Waals surface area (Å²) in [5, 5.41) is 0.573. The van der Waals surface area contributed by atoms with E-state index in [0.29, 0.717) is 56.2 Å². The highest BCUT2D eigenvalue weighted by Gasteiger charge is 2.27. The van der Waals surface area contributed by atoms with Crippen molar-refractivity contribution in [2.45, 2.75) is 25.7 Å². The molecule has 0 aliphatic carbocycles. The van der Waals surface area contributed by atoms with E-state index in [9.17, 15) is 9.59 Å². The molecule has 23 heavy (non-hydrogen) atoms. The fraction of sp³-hybridized carbons (Fsp3) is 0.529. The summed E-state index contributed by atoms with van der Waals surface area (Å²) in [5.74, 6) is 0.495. The van der Waals surface area contributed by atoms with Crippen LogP contribution in [0, 0.1) is 5.92 Å². The molecule has 0 saturated carbocycles. The highest BCUT2D eigenvalue weighted by atomic mass is 35.5. The number of methoxy groups -OCH3 is 1. The Balaban J connectivity index is 1.66. The van der Waals surface area contributed by atoms with E-state index in [1.54, 1.807) is 6.07 Å². The normalized spacial score (nSPS) is 15.3. The Labute approximate surface area is 141 Å². The van der Waals surface area contributed by atoms with E-state index < -0.39 is 0 Å². The van der Waals surface area contributed by atoms with Crippen LogP contribution < -0.4 is 4.74 Å². The second-order valence-corrected chi connectivity index (χ2v) is 5.97. The van der Waals surface area contributed by atoms with Crippen molar-refractivity contribution in [1.82, 2.24) is 4.90 Å². The number of benzene rings is 1. The number of hydrogen-bond donors (Lipinski definition) is 0. The van der Waals surface area contributed by atoms with Gasteiger partial charge in [0.1, 0.15) is 5.75 Å². The Hall–Kier alpha value is -1.75. The molecule has 0 radical (unpaired) electrons. The van der Waals surface area contributed by atoms with Gasteiger partial charge in [-0.15, -0.1) is 0 Å². The molecule has 6 heteroatoms. The van der Waals surface area contributed by atoms with Gasteiger partial charge in [-0.3, -0.25) is 9.59 Å². The van der Waals surface area contributed by atoms with E-state index >= 15 is 0 Å². The number of likely N-dealkylation sites (tertiary alicyclic amines) is 1. The monoisotopic (exact) mass is 339 g/mol. The minimum Gasteiger partial charge on any atom is -0.492 e. The molecule has 1 aliphatic rings. The second kappa shape index (κ2) is 8.77. The number of halogens is 1. The van der Waals surface area contributed by atoms with Gasteiger partial charge in [0.05, 0.1) is 24.7 Å². The van der Waals surface area contributed by atoms with Gasteiger partial charge >= 0.3 is 5.97 Å². The maximum Gasteiger partial charge on any atom is 0.308 e. The standard InChI is InChI=1S/C17H22ClNO4/c1-22-17(21)13-8-10-19(11-9-13)16(20)7-4-12-23-15-6-3-2-5-14(15)18/h2-3,5-6,13H,4,7-12H2,1H3. The summed E-state index contributed by atoms with van der Waals surface area (Å²) in [7, 11) is 1.40. The Morgan fingerprint density at radius 3 is 2.61 bits per heavy atom. The molecule has 1 aromatic rings. The Kier molecular flexibility index (Phi) is 6.71. The summed E-state index contributed by atoms with van der Waals surface area (Å²) in [4.78, 5) is 25.4. The van der Waals surface area contributed by atoms with Gasteiger partial charge in [-0.1, -0.05) is 23.7 Å². The van der Waals surface area contributed by atoms with Crippen molar-refractivity contribution < 1.29 is 19.1 Å². The molecule has 126 valence electrons. The first-order valence-electron chi connectivity index (χ1n) is 7.84. The van der Waals surface area contributed by atoms with Gasteiger partial charge in [0, 0.05) is 19.5 Å². The van der Waals surface area contributed by atoms with Crippen molar-refractivity contribution >= 4 is 23.5 Å². The smallest absolute Gasteiger partial charge is 0.308 e. The van der Waals surface area contributed by atoms with Crippen LogP contribution in [0.4, 0.5) is 0 Å². The van der Waals surface area contributed by atoms with Crippen LogP contribution in [0.5, 0.6) is 5.75 Å². The minimum atomic E-state index is -0.176. The molecule has 1 aromatic carbocycles. The number of para-hydroxylation sites is 1. The number of rotatable bonds is 6. The second-order valence-electron chi connectivity index (χ2n) is 5.56. The summed E-state index contributed by atoms with van der Waals surface area (Å²) in [6, 6.07) is 7.28. The largest absolute Gasteiger partial charge is 0.492 e. The van der Waals surface area contributed by atoms with Crippen molar-refractivity contribution in [3.8, 4) is 5.75 Å². The van der Waals surface area contributed by atoms with Crippen LogP contribution >= 0.6 is 11.6 Å². The lowest BCUT2D eigenvalue weighted by molar-refractivity contribution is -0.148. The van der Waals surface area contributed by atoms with Crippen molar-refractivity contribution in [2.24, 2.45) is 5.92 Å². The number of carbonyl (C=O) groups excluding carboxylic acids is 2. The van der Waals surface area contributed by atoms with Crippen LogP contribution in [-0.4, -0.2) is 43.6 Å². The van der Waals surface area contributed by atoms with Gasteiger partial charge in [0.25, 0.3) is 0 Å². The number of ether oxygens (including phenoxy) is 2. The molecule has 2 rings (SSSR count).